The van der Waals surface area contributed by atoms with E-state index in [0.717, 1.165) is 0 Å². The third-order valence-corrected chi connectivity index (χ3v) is 10.5. The lowest BCUT2D eigenvalue weighted by Gasteiger charge is -2.46. The molecule has 2 N–H and O–H groups in total. The second kappa shape index (κ2) is 5.87. The molecule has 7 rings (SSSR count). The molecule has 5 aliphatic heterocycles. The summed E-state index contributed by atoms with van der Waals surface area (Å²) in [4.78, 5) is 44.1. The van der Waals surface area contributed by atoms with E-state index in [9.17, 15) is 29.9 Å². The lowest BCUT2D eigenvalue weighted by molar-refractivity contribution is -0.584. The molecule has 1 aromatic rings. The van der Waals surface area contributed by atoms with E-state index in [1.807, 2.05) is 13.8 Å². The molecule has 1 aromatic carbocycles. The first kappa shape index (κ1) is 21.7. The van der Waals surface area contributed by atoms with E-state index in [-0.39, 0.29) is 53.4 Å². The summed E-state index contributed by atoms with van der Waals surface area (Å²) in [5.41, 5.74) is -3.94. The number of ketones is 1. The molecule has 1 spiro atoms. The van der Waals surface area contributed by atoms with Crippen LogP contribution in [-0.2, 0) is 14.9 Å². The van der Waals surface area contributed by atoms with Crippen LogP contribution in [0.3, 0.4) is 0 Å². The number of benzene rings is 1. The number of aromatic hydroxyl groups is 1. The Bertz CT molecular complexity index is 1260. The van der Waals surface area contributed by atoms with Crippen LogP contribution in [0.15, 0.2) is 12.1 Å². The number of ether oxygens (including phenoxy) is 1. The van der Waals surface area contributed by atoms with Gasteiger partial charge in [-0.15, -0.1) is 0 Å². The normalized spacial score (nSPS) is 43.7. The number of Topliss-reactive ketones (excluding diaryl/α,β-unsaturated/α-hetero) is 1. The fourth-order valence-corrected chi connectivity index (χ4v) is 8.71. The minimum Gasteiger partial charge on any atom is -0.507 e. The number of carbonyl (C=O) groups is 2. The van der Waals surface area contributed by atoms with Crippen molar-refractivity contribution in [2.24, 2.45) is 11.3 Å². The average Bonchev–Trinajstić information content (AvgIpc) is 3.30. The summed E-state index contributed by atoms with van der Waals surface area (Å²) < 4.78 is 5.77. The van der Waals surface area contributed by atoms with E-state index in [0.29, 0.717) is 24.2 Å². The number of nitrogens with zero attached hydrogens (tertiary/aromatic N) is 3. The third kappa shape index (κ3) is 2.08. The number of aliphatic hydroxyl groups excluding tert-OH is 1. The van der Waals surface area contributed by atoms with Gasteiger partial charge in [0.1, 0.15) is 18.0 Å². The van der Waals surface area contributed by atoms with Gasteiger partial charge in [-0.25, -0.2) is 0 Å². The number of amides is 1. The predicted molar refractivity (Wildman–Crippen MR) is 122 cm³/mol. The first-order chi connectivity index (χ1) is 16.3. The molecular formula is C25H29N3O7. The van der Waals surface area contributed by atoms with Gasteiger partial charge >= 0.3 is 0 Å². The predicted octanol–water partition coefficient (Wildman–Crippen LogP) is 1.23. The Labute approximate surface area is 202 Å². The summed E-state index contributed by atoms with van der Waals surface area (Å²) in [6.07, 6.45) is -0.697. The molecule has 3 saturated heterocycles. The van der Waals surface area contributed by atoms with Gasteiger partial charge in [0.15, 0.2) is 5.78 Å². The second-order valence-corrected chi connectivity index (χ2v) is 12.5. The minimum atomic E-state index is -1.53. The van der Waals surface area contributed by atoms with Gasteiger partial charge in [-0.05, 0) is 37.3 Å². The Morgan fingerprint density at radius 3 is 2.60 bits per heavy atom. The number of epoxide rings is 1. The molecule has 7 atom stereocenters. The van der Waals surface area contributed by atoms with Crippen molar-refractivity contribution in [3.8, 4) is 5.75 Å². The average molecular weight is 484 g/mol. The quantitative estimate of drug-likeness (QED) is 0.346. The van der Waals surface area contributed by atoms with E-state index in [4.69, 9.17) is 4.74 Å². The number of rotatable bonds is 1. The Morgan fingerprint density at radius 2 is 1.91 bits per heavy atom. The zero-order chi connectivity index (χ0) is 25.0. The van der Waals surface area contributed by atoms with Crippen molar-refractivity contribution in [2.45, 2.75) is 81.4 Å². The van der Waals surface area contributed by atoms with Crippen molar-refractivity contribution < 1.29 is 29.5 Å². The number of anilines is 1. The molecule has 186 valence electrons. The fourth-order valence-electron chi connectivity index (χ4n) is 8.71. The van der Waals surface area contributed by atoms with Crippen LogP contribution in [0.4, 0.5) is 5.69 Å². The molecule has 0 radical (unpaired) electrons. The number of aliphatic hydroxyl groups is 1. The van der Waals surface area contributed by atoms with E-state index >= 15 is 0 Å². The van der Waals surface area contributed by atoms with E-state index in [2.05, 4.69) is 4.90 Å². The maximum atomic E-state index is 14.6. The van der Waals surface area contributed by atoms with Gasteiger partial charge in [-0.1, -0.05) is 19.9 Å². The summed E-state index contributed by atoms with van der Waals surface area (Å²) in [6, 6.07) is 3.14. The number of carbonyl (C=O) groups excluding carboxylic acids is 2. The standard InChI is InChI=1S/C25H29N3O7/c1-22(2)15-7-12-19-14(35-19)8-26(12)10-24(15,28(33)34)9-25(22)11-5-6-13(29)16-17(11)27(21(25)32)23(3,4)20(31)18(16)30/h5-6,12,14-15,19-20,29,31H,7-10H2,1-4H3/t12-,14-,15-,19+,20-,24-,25+/m0/s1. The number of hydrogen-bond acceptors (Lipinski definition) is 8. The highest BCUT2D eigenvalue weighted by atomic mass is 16.6. The van der Waals surface area contributed by atoms with Gasteiger partial charge in [0.2, 0.25) is 11.4 Å². The van der Waals surface area contributed by atoms with Crippen molar-refractivity contribution in [1.29, 1.82) is 0 Å². The van der Waals surface area contributed by atoms with E-state index < -0.39 is 39.7 Å². The molecular weight excluding hydrogens is 454 g/mol. The fraction of sp³-hybridized carbons (Fsp3) is 0.680. The Morgan fingerprint density at radius 1 is 1.20 bits per heavy atom. The van der Waals surface area contributed by atoms with Gasteiger partial charge in [-0.2, -0.15) is 0 Å². The van der Waals surface area contributed by atoms with Crippen LogP contribution >= 0.6 is 0 Å². The Balaban J connectivity index is 1.48. The number of fused-ring (bicyclic) bond motifs is 5. The molecule has 10 heteroatoms. The molecule has 0 unspecified atom stereocenters. The second-order valence-electron chi connectivity index (χ2n) is 12.5. The highest BCUT2D eigenvalue weighted by Gasteiger charge is 2.81. The topological polar surface area (TPSA) is 137 Å². The smallest absolute Gasteiger partial charge is 0.239 e. The van der Waals surface area contributed by atoms with Crippen LogP contribution in [0, 0.1) is 21.4 Å². The molecule has 1 amide bonds. The molecule has 0 aromatic heterocycles. The van der Waals surface area contributed by atoms with Crippen molar-refractivity contribution in [1.82, 2.24) is 4.90 Å². The molecule has 6 aliphatic rings. The zero-order valence-corrected chi connectivity index (χ0v) is 20.1. The number of morpholine rings is 1. The van der Waals surface area contributed by atoms with Crippen LogP contribution in [0.2, 0.25) is 0 Å². The van der Waals surface area contributed by atoms with Crippen LogP contribution < -0.4 is 4.90 Å². The number of piperidine rings is 1. The zero-order valence-electron chi connectivity index (χ0n) is 20.1. The molecule has 5 heterocycles. The third-order valence-electron chi connectivity index (χ3n) is 10.5. The lowest BCUT2D eigenvalue weighted by Crippen LogP contribution is -2.62. The molecule has 0 bridgehead atoms. The number of phenols is 1. The first-order valence-corrected chi connectivity index (χ1v) is 12.3. The van der Waals surface area contributed by atoms with E-state index in [1.54, 1.807) is 19.9 Å². The summed E-state index contributed by atoms with van der Waals surface area (Å²) in [5.74, 6) is -1.67. The first-order valence-electron chi connectivity index (χ1n) is 12.3. The van der Waals surface area contributed by atoms with Crippen LogP contribution in [-0.4, -0.2) is 80.2 Å². The van der Waals surface area contributed by atoms with Crippen molar-refractivity contribution in [2.75, 3.05) is 18.0 Å². The maximum Gasteiger partial charge on any atom is 0.239 e. The van der Waals surface area contributed by atoms with Gasteiger partial charge in [0.05, 0.1) is 34.9 Å². The van der Waals surface area contributed by atoms with Gasteiger partial charge in [0.25, 0.3) is 0 Å². The molecule has 1 saturated carbocycles. The Kier molecular flexibility index (Phi) is 3.64. The Hall–Kier alpha value is -2.56. The maximum absolute atomic E-state index is 14.6. The van der Waals surface area contributed by atoms with E-state index in [1.165, 1.54) is 11.0 Å². The summed E-state index contributed by atoms with van der Waals surface area (Å²) >= 11 is 0. The van der Waals surface area contributed by atoms with Gasteiger partial charge in [-0.3, -0.25) is 24.6 Å². The largest absolute Gasteiger partial charge is 0.507 e. The summed E-state index contributed by atoms with van der Waals surface area (Å²) in [6.45, 7) is 8.08. The molecule has 35 heavy (non-hydrogen) atoms. The van der Waals surface area contributed by atoms with Gasteiger partial charge in [0, 0.05) is 29.8 Å². The SMILES string of the molecule is CC1(C)[C@@H](O)C(=O)c2c(O)ccc3c2N1C(=O)[C@@]31C[C@]2([N+](=O)[O-])CN3C[C@@H]4O[C@@H]4[C@@H]3C[C@H]2C1(C)C. The number of hydrogen-bond donors (Lipinski definition) is 2. The highest BCUT2D eigenvalue weighted by Crippen LogP contribution is 2.71. The van der Waals surface area contributed by atoms with Crippen LogP contribution in [0.25, 0.3) is 0 Å². The summed E-state index contributed by atoms with van der Waals surface area (Å²) in [5, 5.41) is 34.4. The highest BCUT2D eigenvalue weighted by molar-refractivity contribution is 6.21. The number of nitro groups is 1. The van der Waals surface area contributed by atoms with Crippen molar-refractivity contribution in [3.63, 3.8) is 0 Å². The van der Waals surface area contributed by atoms with Crippen LogP contribution in [0.5, 0.6) is 5.75 Å². The van der Waals surface area contributed by atoms with Gasteiger partial charge < -0.3 is 19.8 Å². The molecule has 4 fully saturated rings. The van der Waals surface area contributed by atoms with Crippen molar-refractivity contribution >= 4 is 17.4 Å². The minimum absolute atomic E-state index is 0.0109. The number of phenolic OH excluding ortho intramolecular Hbond substituents is 1. The summed E-state index contributed by atoms with van der Waals surface area (Å²) in [7, 11) is 0. The lowest BCUT2D eigenvalue weighted by atomic mass is 9.60. The molecule has 1 aliphatic carbocycles. The molecule has 10 nitrogen and oxygen atoms in total. The monoisotopic (exact) mass is 483 g/mol. The van der Waals surface area contributed by atoms with Crippen molar-refractivity contribution in [3.05, 3.63) is 33.4 Å². The van der Waals surface area contributed by atoms with Crippen LogP contribution in [0.1, 0.15) is 56.5 Å².